The molecule has 2 aromatic heterocycles. The fourth-order valence-corrected chi connectivity index (χ4v) is 6.15. The number of nitrogens with one attached hydrogen (secondary N) is 1. The van der Waals surface area contributed by atoms with Gasteiger partial charge in [-0.25, -0.2) is 4.79 Å². The van der Waals surface area contributed by atoms with Crippen molar-refractivity contribution in [3.05, 3.63) is 119 Å². The summed E-state index contributed by atoms with van der Waals surface area (Å²) in [4.78, 5) is 18.4. The Hall–Kier alpha value is -4.58. The molecule has 6 rings (SSSR count). The maximum Gasteiger partial charge on any atom is 0.341 e. The number of ether oxygens (including phenoxy) is 2. The first-order valence-corrected chi connectivity index (χ1v) is 13.9. The van der Waals surface area contributed by atoms with E-state index in [1.807, 2.05) is 49.4 Å². The number of anilines is 2. The fraction of sp³-hybridized carbons (Fsp3) is 0.235. The molecule has 202 valence electrons. The summed E-state index contributed by atoms with van der Waals surface area (Å²) in [5.74, 6) is 0.264. The second-order valence-electron chi connectivity index (χ2n) is 9.95. The molecule has 1 aliphatic heterocycles. The zero-order valence-electron chi connectivity index (χ0n) is 23.3. The average Bonchev–Trinajstić information content (AvgIpc) is 3.45. The largest absolute Gasteiger partial charge is 0.491 e. The maximum atomic E-state index is 13.6. The van der Waals surface area contributed by atoms with Crippen molar-refractivity contribution in [3.63, 3.8) is 0 Å². The van der Waals surface area contributed by atoms with Crippen molar-refractivity contribution in [1.82, 2.24) is 9.55 Å². The number of pyridine rings is 1. The monoisotopic (exact) mass is 531 g/mol. The Morgan fingerprint density at radius 2 is 1.73 bits per heavy atom. The molecular weight excluding hydrogens is 498 g/mol. The van der Waals surface area contributed by atoms with Crippen molar-refractivity contribution in [2.75, 3.05) is 11.9 Å². The molecule has 1 aliphatic rings. The summed E-state index contributed by atoms with van der Waals surface area (Å²) in [6.07, 6.45) is 2.53. The van der Waals surface area contributed by atoms with Crippen LogP contribution in [0.1, 0.15) is 59.2 Å². The lowest BCUT2D eigenvalue weighted by Gasteiger charge is -2.32. The van der Waals surface area contributed by atoms with Gasteiger partial charge in [0, 0.05) is 40.6 Å². The van der Waals surface area contributed by atoms with E-state index in [1.165, 1.54) is 0 Å². The number of para-hydroxylation sites is 2. The highest BCUT2D eigenvalue weighted by atomic mass is 16.6. The number of hydrogen-bond acceptors (Lipinski definition) is 5. The molecular formula is C34H33N3O3. The Morgan fingerprint density at radius 1 is 0.950 bits per heavy atom. The number of benzene rings is 3. The minimum absolute atomic E-state index is 0.393. The molecule has 0 fully saturated rings. The van der Waals surface area contributed by atoms with Gasteiger partial charge in [-0.05, 0) is 63.1 Å². The van der Waals surface area contributed by atoms with E-state index in [4.69, 9.17) is 14.5 Å². The number of esters is 1. The predicted octanol–water partition coefficient (Wildman–Crippen LogP) is 7.53. The summed E-state index contributed by atoms with van der Waals surface area (Å²) < 4.78 is 15.3. The van der Waals surface area contributed by atoms with Crippen LogP contribution in [-0.2, 0) is 23.3 Å². The van der Waals surface area contributed by atoms with Gasteiger partial charge in [-0.1, -0.05) is 55.5 Å². The second kappa shape index (κ2) is 10.2. The third-order valence-corrected chi connectivity index (χ3v) is 7.84. The number of cyclic esters (lactones) is 1. The Bertz CT molecular complexity index is 1720. The lowest BCUT2D eigenvalue weighted by molar-refractivity contribution is 0.0238. The van der Waals surface area contributed by atoms with Gasteiger partial charge in [0.25, 0.3) is 0 Å². The third-order valence-electron chi connectivity index (χ3n) is 7.84. The number of rotatable bonds is 8. The Labute approximate surface area is 234 Å². The Kier molecular flexibility index (Phi) is 6.54. The first kappa shape index (κ1) is 25.7. The molecule has 0 spiro atoms. The van der Waals surface area contributed by atoms with Crippen LogP contribution >= 0.6 is 0 Å². The fourth-order valence-electron chi connectivity index (χ4n) is 6.15. The van der Waals surface area contributed by atoms with Crippen LogP contribution in [0.3, 0.4) is 0 Å². The zero-order valence-corrected chi connectivity index (χ0v) is 23.3. The number of carbonyl (C=O) groups is 1. The molecule has 5 aromatic rings. The highest BCUT2D eigenvalue weighted by molar-refractivity contribution is 5.98. The number of aromatic nitrogens is 2. The molecule has 0 amide bonds. The van der Waals surface area contributed by atoms with Crippen LogP contribution in [0.4, 0.5) is 11.4 Å². The summed E-state index contributed by atoms with van der Waals surface area (Å²) >= 11 is 0. The van der Waals surface area contributed by atoms with Crippen molar-refractivity contribution in [2.24, 2.45) is 0 Å². The van der Waals surface area contributed by atoms with E-state index in [1.54, 1.807) is 18.3 Å². The van der Waals surface area contributed by atoms with Crippen molar-refractivity contribution < 1.29 is 14.3 Å². The van der Waals surface area contributed by atoms with E-state index < -0.39 is 11.6 Å². The number of carbonyl (C=O) groups excluding carboxylic acids is 1. The van der Waals surface area contributed by atoms with E-state index in [9.17, 15) is 4.79 Å². The summed E-state index contributed by atoms with van der Waals surface area (Å²) in [7, 11) is 0. The van der Waals surface area contributed by atoms with E-state index in [0.29, 0.717) is 23.6 Å². The van der Waals surface area contributed by atoms with E-state index >= 15 is 0 Å². The molecule has 6 nitrogen and oxygen atoms in total. The first-order chi connectivity index (χ1) is 19.5. The quantitative estimate of drug-likeness (QED) is 0.210. The van der Waals surface area contributed by atoms with Gasteiger partial charge in [0.2, 0.25) is 5.60 Å². The van der Waals surface area contributed by atoms with E-state index in [2.05, 4.69) is 54.9 Å². The van der Waals surface area contributed by atoms with Crippen LogP contribution in [-0.4, -0.2) is 22.1 Å². The van der Waals surface area contributed by atoms with Gasteiger partial charge < -0.3 is 19.4 Å². The molecule has 3 heterocycles. The first-order valence-electron chi connectivity index (χ1n) is 13.9. The van der Waals surface area contributed by atoms with Crippen LogP contribution in [0.5, 0.6) is 5.75 Å². The minimum Gasteiger partial charge on any atom is -0.491 e. The Balaban J connectivity index is 1.74. The molecule has 3 aromatic carbocycles. The van der Waals surface area contributed by atoms with E-state index in [-0.39, 0.29) is 0 Å². The van der Waals surface area contributed by atoms with Crippen molar-refractivity contribution in [1.29, 1.82) is 0 Å². The third kappa shape index (κ3) is 3.78. The molecule has 0 saturated carbocycles. The molecule has 0 saturated heterocycles. The van der Waals surface area contributed by atoms with Gasteiger partial charge in [0.15, 0.2) is 5.75 Å². The van der Waals surface area contributed by atoms with Crippen LogP contribution in [0.15, 0.2) is 85.1 Å². The molecule has 0 bridgehead atoms. The highest BCUT2D eigenvalue weighted by Crippen LogP contribution is 2.54. The molecule has 1 atom stereocenters. The van der Waals surface area contributed by atoms with Crippen molar-refractivity contribution in [2.45, 2.75) is 46.3 Å². The number of fused-ring (bicyclic) bond motifs is 2. The molecule has 40 heavy (non-hydrogen) atoms. The predicted molar refractivity (Wildman–Crippen MR) is 159 cm³/mol. The van der Waals surface area contributed by atoms with Crippen LogP contribution < -0.4 is 10.1 Å². The smallest absolute Gasteiger partial charge is 0.341 e. The van der Waals surface area contributed by atoms with Crippen molar-refractivity contribution in [3.8, 4) is 5.75 Å². The average molecular weight is 532 g/mol. The maximum absolute atomic E-state index is 13.6. The standard InChI is InChI=1S/C34H33N3O3/c1-5-23-19-20-27(31(39-7-3)30(23)36-24-14-9-8-10-15-24)34(32-26(33(38)40-34)17-13-21-35-32)29-22(4)37(6-2)28-18-12-11-16-25(28)29/h8-21,36H,5-7H2,1-4H3. The van der Waals surface area contributed by atoms with Gasteiger partial charge in [-0.2, -0.15) is 0 Å². The van der Waals surface area contributed by atoms with Crippen LogP contribution in [0, 0.1) is 6.92 Å². The number of hydrogen-bond donors (Lipinski definition) is 1. The SMILES string of the molecule is CCOc1c(C2(c3c(C)n(CC)c4ccccc34)OC(=O)c3cccnc32)ccc(CC)c1Nc1ccccc1. The second-order valence-corrected chi connectivity index (χ2v) is 9.95. The highest BCUT2D eigenvalue weighted by Gasteiger charge is 2.54. The topological polar surface area (TPSA) is 65.4 Å². The number of aryl methyl sites for hydroxylation is 2. The Morgan fingerprint density at radius 3 is 2.48 bits per heavy atom. The molecule has 1 unspecified atom stereocenters. The van der Waals surface area contributed by atoms with Gasteiger partial charge in [0.05, 0.1) is 23.4 Å². The minimum atomic E-state index is -1.30. The molecule has 0 aliphatic carbocycles. The van der Waals surface area contributed by atoms with Crippen molar-refractivity contribution >= 4 is 28.2 Å². The molecule has 6 heteroatoms. The van der Waals surface area contributed by atoms with Gasteiger partial charge in [0.1, 0.15) is 5.69 Å². The van der Waals surface area contributed by atoms with Crippen LogP contribution in [0.25, 0.3) is 10.9 Å². The summed E-state index contributed by atoms with van der Waals surface area (Å²) in [5, 5.41) is 4.64. The van der Waals surface area contributed by atoms with Gasteiger partial charge in [-0.3, -0.25) is 4.98 Å². The van der Waals surface area contributed by atoms with Gasteiger partial charge in [-0.15, -0.1) is 0 Å². The van der Waals surface area contributed by atoms with Gasteiger partial charge >= 0.3 is 5.97 Å². The molecule has 1 N–H and O–H groups in total. The lowest BCUT2D eigenvalue weighted by Crippen LogP contribution is -2.32. The lowest BCUT2D eigenvalue weighted by atomic mass is 9.80. The zero-order chi connectivity index (χ0) is 27.9. The summed E-state index contributed by atoms with van der Waals surface area (Å²) in [6, 6.07) is 26.1. The van der Waals surface area contributed by atoms with Crippen LogP contribution in [0.2, 0.25) is 0 Å². The summed E-state index contributed by atoms with van der Waals surface area (Å²) in [5.41, 5.74) is 6.43. The normalized spacial score (nSPS) is 16.1. The number of nitrogens with zero attached hydrogens (tertiary/aromatic N) is 2. The van der Waals surface area contributed by atoms with E-state index in [0.717, 1.165) is 57.6 Å². The summed E-state index contributed by atoms with van der Waals surface area (Å²) in [6.45, 7) is 9.55. The molecule has 0 radical (unpaired) electrons.